The van der Waals surface area contributed by atoms with E-state index < -0.39 is 5.97 Å². The van der Waals surface area contributed by atoms with Crippen molar-refractivity contribution < 1.29 is 24.2 Å². The van der Waals surface area contributed by atoms with Crippen LogP contribution < -0.4 is 9.47 Å². The third-order valence-corrected chi connectivity index (χ3v) is 7.71. The number of hydrogen-bond donors (Lipinski definition) is 1. The van der Waals surface area contributed by atoms with Gasteiger partial charge in [0, 0.05) is 22.7 Å². The Morgan fingerprint density at radius 1 is 1.19 bits per heavy atom. The van der Waals surface area contributed by atoms with E-state index in [1.807, 2.05) is 6.07 Å². The van der Waals surface area contributed by atoms with Crippen LogP contribution in [0, 0.1) is 3.57 Å². The molecule has 1 saturated heterocycles. The van der Waals surface area contributed by atoms with Crippen LogP contribution in [0.4, 0.5) is 5.69 Å². The summed E-state index contributed by atoms with van der Waals surface area (Å²) in [7, 11) is 3.17. The molecule has 4 rings (SSSR count). The van der Waals surface area contributed by atoms with E-state index in [1.165, 1.54) is 28.8 Å². The van der Waals surface area contributed by atoms with Crippen molar-refractivity contribution in [2.45, 2.75) is 6.61 Å². The van der Waals surface area contributed by atoms with Crippen molar-refractivity contribution in [1.82, 2.24) is 4.90 Å². The summed E-state index contributed by atoms with van der Waals surface area (Å²) in [5.41, 5.74) is 2.10. The van der Waals surface area contributed by atoms with Gasteiger partial charge >= 0.3 is 5.97 Å². The summed E-state index contributed by atoms with van der Waals surface area (Å²) >= 11 is 15.6. The molecule has 1 N–H and O–H groups in total. The number of nitrogens with zero attached hydrogens (tertiary/aromatic N) is 2. The molecule has 190 valence electrons. The number of methoxy groups -OCH3 is 1. The number of carboxylic acid groups (broad SMARTS) is 1. The maximum atomic E-state index is 12.9. The molecule has 1 aliphatic rings. The number of halogens is 3. The maximum Gasteiger partial charge on any atom is 0.335 e. The predicted octanol–water partition coefficient (Wildman–Crippen LogP) is 7.12. The highest BCUT2D eigenvalue weighted by Crippen LogP contribution is 2.38. The van der Waals surface area contributed by atoms with E-state index in [2.05, 4.69) is 27.6 Å². The minimum absolute atomic E-state index is 0.122. The first kappa shape index (κ1) is 27.3. The molecular formula is C26H19Cl2IN2O5S. The van der Waals surface area contributed by atoms with Gasteiger partial charge in [-0.3, -0.25) is 9.69 Å². The molecule has 37 heavy (non-hydrogen) atoms. The Balaban J connectivity index is 1.57. The Bertz CT molecular complexity index is 1460. The second kappa shape index (κ2) is 11.8. The number of carbonyl (C=O) groups excluding carboxylic acids is 1. The van der Waals surface area contributed by atoms with Crippen LogP contribution in [0.1, 0.15) is 21.5 Å². The van der Waals surface area contributed by atoms with E-state index in [0.717, 1.165) is 14.7 Å². The summed E-state index contributed by atoms with van der Waals surface area (Å²) in [6.45, 7) is 0.227. The summed E-state index contributed by atoms with van der Waals surface area (Å²) in [5, 5.41) is 10.7. The van der Waals surface area contributed by atoms with Gasteiger partial charge in [0.1, 0.15) is 6.61 Å². The number of hydrogen-bond acceptors (Lipinski definition) is 6. The third kappa shape index (κ3) is 6.40. The van der Waals surface area contributed by atoms with Gasteiger partial charge in [-0.1, -0.05) is 35.3 Å². The van der Waals surface area contributed by atoms with Crippen LogP contribution >= 0.6 is 57.6 Å². The second-order valence-electron chi connectivity index (χ2n) is 7.78. The number of ether oxygens (including phenoxy) is 2. The molecular weight excluding hydrogens is 650 g/mol. The van der Waals surface area contributed by atoms with Gasteiger partial charge in [0.05, 0.1) is 26.8 Å². The lowest BCUT2D eigenvalue weighted by atomic mass is 10.1. The summed E-state index contributed by atoms with van der Waals surface area (Å²) < 4.78 is 12.4. The number of carbonyl (C=O) groups is 2. The second-order valence-corrected chi connectivity index (χ2v) is 10.8. The average molecular weight is 669 g/mol. The van der Waals surface area contributed by atoms with Crippen LogP contribution in [0.25, 0.3) is 6.08 Å². The molecule has 1 aliphatic heterocycles. The Morgan fingerprint density at radius 3 is 2.68 bits per heavy atom. The molecule has 3 aromatic rings. The van der Waals surface area contributed by atoms with E-state index in [4.69, 9.17) is 32.7 Å². The minimum Gasteiger partial charge on any atom is -0.493 e. The molecule has 7 nitrogen and oxygen atoms in total. The van der Waals surface area contributed by atoms with Gasteiger partial charge in [0.15, 0.2) is 16.7 Å². The zero-order valence-corrected chi connectivity index (χ0v) is 24.0. The summed E-state index contributed by atoms with van der Waals surface area (Å²) in [4.78, 5) is 30.5. The molecule has 1 amide bonds. The number of amidine groups is 1. The fourth-order valence-corrected chi connectivity index (χ4v) is 5.60. The predicted molar refractivity (Wildman–Crippen MR) is 155 cm³/mol. The van der Waals surface area contributed by atoms with Gasteiger partial charge in [-0.25, -0.2) is 9.79 Å². The van der Waals surface area contributed by atoms with Crippen molar-refractivity contribution in [1.29, 1.82) is 0 Å². The van der Waals surface area contributed by atoms with Crippen molar-refractivity contribution >= 4 is 86.4 Å². The Labute approximate surface area is 241 Å². The highest BCUT2D eigenvalue weighted by molar-refractivity contribution is 14.1. The lowest BCUT2D eigenvalue weighted by Gasteiger charge is -2.14. The van der Waals surface area contributed by atoms with Gasteiger partial charge in [-0.2, -0.15) is 0 Å². The average Bonchev–Trinajstić information content (AvgIpc) is 3.11. The van der Waals surface area contributed by atoms with Crippen LogP contribution in [-0.4, -0.2) is 41.2 Å². The quantitative estimate of drug-likeness (QED) is 0.213. The standard InChI is InChI=1S/C26H19Cl2IN2O5S/c1-31-24(32)22(37-26(31)30-18-5-3-4-15(11-18)25(33)34)10-14-8-20(29)23(21(9-14)35-2)36-13-16-6-7-17(27)12-19(16)28/h3-12H,13H2,1-2H3,(H,33,34). The highest BCUT2D eigenvalue weighted by atomic mass is 127. The molecule has 0 radical (unpaired) electrons. The van der Waals surface area contributed by atoms with Crippen molar-refractivity contribution in [2.24, 2.45) is 4.99 Å². The maximum absolute atomic E-state index is 12.9. The van der Waals surface area contributed by atoms with Crippen molar-refractivity contribution in [3.8, 4) is 11.5 Å². The van der Waals surface area contributed by atoms with E-state index in [1.54, 1.807) is 56.6 Å². The molecule has 0 spiro atoms. The van der Waals surface area contributed by atoms with Gasteiger partial charge in [-0.15, -0.1) is 0 Å². The molecule has 11 heteroatoms. The summed E-state index contributed by atoms with van der Waals surface area (Å²) in [6, 6.07) is 15.1. The van der Waals surface area contributed by atoms with Gasteiger partial charge in [0.25, 0.3) is 5.91 Å². The van der Waals surface area contributed by atoms with Crippen LogP contribution in [-0.2, 0) is 11.4 Å². The number of aliphatic imine (C=N–C) groups is 1. The van der Waals surface area contributed by atoms with Gasteiger partial charge in [0.2, 0.25) is 0 Å². The number of benzene rings is 3. The van der Waals surface area contributed by atoms with E-state index >= 15 is 0 Å². The number of thioether (sulfide) groups is 1. The fourth-order valence-electron chi connectivity index (χ4n) is 3.37. The molecule has 0 atom stereocenters. The first-order valence-electron chi connectivity index (χ1n) is 10.7. The zero-order chi connectivity index (χ0) is 26.7. The van der Waals surface area contributed by atoms with Crippen LogP contribution in [0.3, 0.4) is 0 Å². The van der Waals surface area contributed by atoms with Crippen molar-refractivity contribution in [2.75, 3.05) is 14.2 Å². The van der Waals surface area contributed by atoms with Crippen LogP contribution in [0.2, 0.25) is 10.0 Å². The Hall–Kier alpha value is -2.73. The molecule has 0 aliphatic carbocycles. The highest BCUT2D eigenvalue weighted by Gasteiger charge is 2.30. The van der Waals surface area contributed by atoms with E-state index in [0.29, 0.717) is 37.3 Å². The third-order valence-electron chi connectivity index (χ3n) is 5.26. The Kier molecular flexibility index (Phi) is 8.68. The van der Waals surface area contributed by atoms with E-state index in [9.17, 15) is 14.7 Å². The molecule has 1 fully saturated rings. The normalized spacial score (nSPS) is 15.5. The number of rotatable bonds is 7. The zero-order valence-electron chi connectivity index (χ0n) is 19.5. The van der Waals surface area contributed by atoms with Gasteiger partial charge < -0.3 is 14.6 Å². The molecule has 0 saturated carbocycles. The van der Waals surface area contributed by atoms with Gasteiger partial charge in [-0.05, 0) is 88.5 Å². The van der Waals surface area contributed by atoms with E-state index in [-0.39, 0.29) is 18.1 Å². The number of carboxylic acids is 1. The molecule has 0 bridgehead atoms. The fraction of sp³-hybridized carbons (Fsp3) is 0.115. The molecule has 0 unspecified atom stereocenters. The number of likely N-dealkylation sites (N-methyl/N-ethyl adjacent to an activating group) is 1. The van der Waals surface area contributed by atoms with Crippen LogP contribution in [0.5, 0.6) is 11.5 Å². The first-order valence-corrected chi connectivity index (χ1v) is 13.4. The lowest BCUT2D eigenvalue weighted by Crippen LogP contribution is -2.23. The van der Waals surface area contributed by atoms with Crippen molar-refractivity contribution in [3.63, 3.8) is 0 Å². The van der Waals surface area contributed by atoms with Crippen molar-refractivity contribution in [3.05, 3.63) is 89.8 Å². The topological polar surface area (TPSA) is 88.4 Å². The number of aromatic carboxylic acids is 1. The Morgan fingerprint density at radius 2 is 1.97 bits per heavy atom. The smallest absolute Gasteiger partial charge is 0.335 e. The van der Waals surface area contributed by atoms with Crippen LogP contribution in [0.15, 0.2) is 64.5 Å². The molecule has 0 aromatic heterocycles. The first-order chi connectivity index (χ1) is 17.7. The number of amides is 1. The largest absolute Gasteiger partial charge is 0.493 e. The SMILES string of the molecule is COc1cc(C=C2SC(=Nc3cccc(C(=O)O)c3)N(C)C2=O)cc(I)c1OCc1ccc(Cl)cc1Cl. The monoisotopic (exact) mass is 668 g/mol. The lowest BCUT2D eigenvalue weighted by molar-refractivity contribution is -0.121. The summed E-state index contributed by atoms with van der Waals surface area (Å²) in [6.07, 6.45) is 1.75. The molecule has 3 aromatic carbocycles. The summed E-state index contributed by atoms with van der Waals surface area (Å²) in [5.74, 6) is -0.199. The molecule has 1 heterocycles. The minimum atomic E-state index is -1.04.